The Kier molecular flexibility index (Phi) is 5.06. The van der Waals surface area contributed by atoms with Crippen molar-refractivity contribution in [2.75, 3.05) is 0 Å². The quantitative estimate of drug-likeness (QED) is 0.645. The number of ether oxygens (including phenoxy) is 1. The highest BCUT2D eigenvalue weighted by molar-refractivity contribution is 6.30. The van der Waals surface area contributed by atoms with E-state index in [0.29, 0.717) is 16.6 Å². The lowest BCUT2D eigenvalue weighted by Gasteiger charge is -2.54. The molecule has 0 saturated heterocycles. The monoisotopic (exact) mass is 399 g/mol. The number of halogens is 2. The van der Waals surface area contributed by atoms with Crippen LogP contribution in [0, 0.1) is 29.5 Å². The Labute approximate surface area is 171 Å². The summed E-state index contributed by atoms with van der Waals surface area (Å²) in [4.78, 5) is 0. The lowest BCUT2D eigenvalue weighted by Crippen LogP contribution is -2.54. The van der Waals surface area contributed by atoms with Crippen LogP contribution in [0.2, 0.25) is 5.02 Å². The van der Waals surface area contributed by atoms with E-state index in [2.05, 4.69) is 5.32 Å². The third-order valence-corrected chi connectivity index (χ3v) is 7.35. The van der Waals surface area contributed by atoms with E-state index in [1.807, 2.05) is 24.3 Å². The normalized spacial score (nSPS) is 30.6. The summed E-state index contributed by atoms with van der Waals surface area (Å²) in [5.41, 5.74) is 1.62. The van der Waals surface area contributed by atoms with Gasteiger partial charge in [-0.15, -0.1) is 0 Å². The van der Waals surface area contributed by atoms with Crippen molar-refractivity contribution in [2.24, 2.45) is 23.7 Å². The molecule has 4 fully saturated rings. The van der Waals surface area contributed by atoms with Crippen LogP contribution in [0.4, 0.5) is 4.39 Å². The molecule has 0 heterocycles. The molecule has 1 N–H and O–H groups in total. The SMILES string of the molecule is Fc1ccccc1COc1ccc(Cl)cc1CNC1C2CC3CC(C2)CC1C3. The van der Waals surface area contributed by atoms with Crippen molar-refractivity contribution in [1.82, 2.24) is 5.32 Å². The molecule has 0 spiro atoms. The maximum absolute atomic E-state index is 13.9. The van der Waals surface area contributed by atoms with Crippen LogP contribution in [-0.4, -0.2) is 6.04 Å². The molecule has 0 aliphatic heterocycles. The van der Waals surface area contributed by atoms with E-state index in [1.54, 1.807) is 12.1 Å². The summed E-state index contributed by atoms with van der Waals surface area (Å²) in [6.07, 6.45) is 7.07. The first-order valence-electron chi connectivity index (χ1n) is 10.5. The summed E-state index contributed by atoms with van der Waals surface area (Å²) in [7, 11) is 0. The molecule has 0 atom stereocenters. The zero-order chi connectivity index (χ0) is 19.1. The highest BCUT2D eigenvalue weighted by atomic mass is 35.5. The Balaban J connectivity index is 1.27. The van der Waals surface area contributed by atoms with E-state index >= 15 is 0 Å². The summed E-state index contributed by atoms with van der Waals surface area (Å²) >= 11 is 6.26. The average molecular weight is 400 g/mol. The maximum atomic E-state index is 13.9. The summed E-state index contributed by atoms with van der Waals surface area (Å²) in [5.74, 6) is 4.17. The molecule has 148 valence electrons. The van der Waals surface area contributed by atoms with Gasteiger partial charge in [0.05, 0.1) is 0 Å². The number of benzene rings is 2. The van der Waals surface area contributed by atoms with Gasteiger partial charge in [0.15, 0.2) is 0 Å². The molecule has 2 aromatic rings. The van der Waals surface area contributed by atoms with Gasteiger partial charge >= 0.3 is 0 Å². The smallest absolute Gasteiger partial charge is 0.129 e. The summed E-state index contributed by atoms with van der Waals surface area (Å²) in [6, 6.07) is 13.1. The van der Waals surface area contributed by atoms with Gasteiger partial charge in [-0.2, -0.15) is 0 Å². The fourth-order valence-electron chi connectivity index (χ4n) is 6.08. The molecule has 2 nitrogen and oxygen atoms in total. The van der Waals surface area contributed by atoms with Crippen molar-refractivity contribution in [3.05, 3.63) is 64.4 Å². The molecule has 4 aliphatic carbocycles. The predicted octanol–water partition coefficient (Wildman–Crippen LogP) is 5.97. The second-order valence-electron chi connectivity index (χ2n) is 8.97. The minimum atomic E-state index is -0.232. The number of rotatable bonds is 6. The van der Waals surface area contributed by atoms with Crippen molar-refractivity contribution >= 4 is 11.6 Å². The third-order valence-electron chi connectivity index (χ3n) is 7.12. The van der Waals surface area contributed by atoms with Crippen molar-refractivity contribution in [3.63, 3.8) is 0 Å². The zero-order valence-electron chi connectivity index (χ0n) is 16.0. The van der Waals surface area contributed by atoms with Gasteiger partial charge < -0.3 is 10.1 Å². The molecule has 4 bridgehead atoms. The summed E-state index contributed by atoms with van der Waals surface area (Å²) in [6.45, 7) is 0.972. The van der Waals surface area contributed by atoms with Gasteiger partial charge in [-0.3, -0.25) is 0 Å². The highest BCUT2D eigenvalue weighted by Gasteiger charge is 2.47. The maximum Gasteiger partial charge on any atom is 0.129 e. The molecular formula is C24H27ClFNO. The Morgan fingerprint density at radius 3 is 2.36 bits per heavy atom. The van der Waals surface area contributed by atoms with Crippen LogP contribution in [-0.2, 0) is 13.2 Å². The molecule has 0 unspecified atom stereocenters. The number of hydrogen-bond donors (Lipinski definition) is 1. The van der Waals surface area contributed by atoms with E-state index in [4.69, 9.17) is 16.3 Å². The Bertz CT molecular complexity index is 826. The number of nitrogens with one attached hydrogen (secondary N) is 1. The highest BCUT2D eigenvalue weighted by Crippen LogP contribution is 2.53. The Hall–Kier alpha value is -1.58. The molecule has 4 heteroatoms. The van der Waals surface area contributed by atoms with Gasteiger partial charge in [0.1, 0.15) is 18.2 Å². The average Bonchev–Trinajstić information content (AvgIpc) is 2.67. The summed E-state index contributed by atoms with van der Waals surface area (Å²) in [5, 5.41) is 4.55. The van der Waals surface area contributed by atoms with Crippen LogP contribution in [0.1, 0.15) is 43.2 Å². The Morgan fingerprint density at radius 2 is 1.64 bits per heavy atom. The van der Waals surface area contributed by atoms with E-state index in [-0.39, 0.29) is 12.4 Å². The van der Waals surface area contributed by atoms with Crippen molar-refractivity contribution in [1.29, 1.82) is 0 Å². The molecule has 6 rings (SSSR count). The van der Waals surface area contributed by atoms with Crippen molar-refractivity contribution in [3.8, 4) is 5.75 Å². The van der Waals surface area contributed by atoms with Crippen LogP contribution in [0.15, 0.2) is 42.5 Å². The first-order valence-corrected chi connectivity index (χ1v) is 10.9. The zero-order valence-corrected chi connectivity index (χ0v) is 16.8. The lowest BCUT2D eigenvalue weighted by atomic mass is 9.54. The molecule has 0 amide bonds. The van der Waals surface area contributed by atoms with Gasteiger partial charge in [0.25, 0.3) is 0 Å². The van der Waals surface area contributed by atoms with E-state index in [9.17, 15) is 4.39 Å². The fourth-order valence-corrected chi connectivity index (χ4v) is 6.28. The minimum Gasteiger partial charge on any atom is -0.488 e. The van der Waals surface area contributed by atoms with Gasteiger partial charge in [-0.25, -0.2) is 4.39 Å². The largest absolute Gasteiger partial charge is 0.488 e. The van der Waals surface area contributed by atoms with Crippen LogP contribution >= 0.6 is 11.6 Å². The standard InChI is InChI=1S/C24H27ClFNO/c25-21-5-6-23(28-14-17-3-1-2-4-22(17)26)20(12-21)13-27-24-18-8-15-7-16(10-18)11-19(24)9-15/h1-6,12,15-16,18-19,24,27H,7-11,13-14H2. The second-order valence-corrected chi connectivity index (χ2v) is 9.41. The minimum absolute atomic E-state index is 0.222. The second kappa shape index (κ2) is 7.68. The van der Waals surface area contributed by atoms with E-state index in [0.717, 1.165) is 41.5 Å². The molecule has 2 aromatic carbocycles. The first kappa shape index (κ1) is 18.4. The van der Waals surface area contributed by atoms with Crippen LogP contribution in [0.3, 0.4) is 0 Å². The predicted molar refractivity (Wildman–Crippen MR) is 110 cm³/mol. The molecule has 28 heavy (non-hydrogen) atoms. The van der Waals surface area contributed by atoms with Crippen LogP contribution < -0.4 is 10.1 Å². The molecule has 0 radical (unpaired) electrons. The van der Waals surface area contributed by atoms with Gasteiger partial charge in [-0.1, -0.05) is 29.8 Å². The number of hydrogen-bond acceptors (Lipinski definition) is 2. The van der Waals surface area contributed by atoms with Crippen molar-refractivity contribution in [2.45, 2.75) is 51.3 Å². The van der Waals surface area contributed by atoms with Crippen LogP contribution in [0.25, 0.3) is 0 Å². The van der Waals surface area contributed by atoms with Crippen molar-refractivity contribution < 1.29 is 9.13 Å². The van der Waals surface area contributed by atoms with E-state index in [1.165, 1.54) is 38.2 Å². The molecular weight excluding hydrogens is 373 g/mol. The first-order chi connectivity index (χ1) is 13.7. The molecule has 4 aliphatic rings. The summed E-state index contributed by atoms with van der Waals surface area (Å²) < 4.78 is 19.9. The lowest BCUT2D eigenvalue weighted by molar-refractivity contribution is -0.0143. The fraction of sp³-hybridized carbons (Fsp3) is 0.500. The van der Waals surface area contributed by atoms with Gasteiger partial charge in [0, 0.05) is 28.7 Å². The topological polar surface area (TPSA) is 21.3 Å². The van der Waals surface area contributed by atoms with Gasteiger partial charge in [-0.05, 0) is 80.0 Å². The van der Waals surface area contributed by atoms with Crippen LogP contribution in [0.5, 0.6) is 5.75 Å². The van der Waals surface area contributed by atoms with Gasteiger partial charge in [0.2, 0.25) is 0 Å². The third kappa shape index (κ3) is 3.67. The Morgan fingerprint density at radius 1 is 0.929 bits per heavy atom. The molecule has 0 aromatic heterocycles. The van der Waals surface area contributed by atoms with E-state index < -0.39 is 0 Å². The molecule has 4 saturated carbocycles.